The number of esters is 1. The zero-order valence-corrected chi connectivity index (χ0v) is 17.6. The van der Waals surface area contributed by atoms with Crippen LogP contribution in [0.5, 0.6) is 11.5 Å². The Balaban J connectivity index is 1.63. The summed E-state index contributed by atoms with van der Waals surface area (Å²) in [5.74, 6) is 2.46. The molecule has 0 aliphatic rings. The summed E-state index contributed by atoms with van der Waals surface area (Å²) in [4.78, 5) is 16.3. The minimum absolute atomic E-state index is 0.221. The fourth-order valence-electron chi connectivity index (χ4n) is 3.20. The first-order chi connectivity index (χ1) is 14.6. The van der Waals surface area contributed by atoms with Crippen LogP contribution < -0.4 is 9.47 Å². The number of nitrogens with zero attached hydrogens (tertiary/aromatic N) is 1. The summed E-state index contributed by atoms with van der Waals surface area (Å²) in [5.41, 5.74) is 2.72. The number of aromatic nitrogens is 1. The van der Waals surface area contributed by atoms with Gasteiger partial charge in [0, 0.05) is 18.4 Å². The zero-order chi connectivity index (χ0) is 21.3. The number of oxazole rings is 1. The number of ether oxygens (including phenoxy) is 3. The molecule has 1 heterocycles. The van der Waals surface area contributed by atoms with Gasteiger partial charge in [-0.05, 0) is 44.0 Å². The highest BCUT2D eigenvalue weighted by molar-refractivity contribution is 5.70. The molecule has 0 saturated heterocycles. The van der Waals surface area contributed by atoms with Gasteiger partial charge in [0.05, 0.1) is 26.0 Å². The maximum absolute atomic E-state index is 11.7. The number of hydrogen-bond donors (Lipinski definition) is 0. The topological polar surface area (TPSA) is 70.8 Å². The normalized spacial score (nSPS) is 10.6. The molecule has 0 spiro atoms. The molecular weight excluding hydrogens is 382 g/mol. The lowest BCUT2D eigenvalue weighted by atomic mass is 10.1. The predicted octanol–water partition coefficient (Wildman–Crippen LogP) is 4.78. The minimum Gasteiger partial charge on any atom is -0.493 e. The van der Waals surface area contributed by atoms with Crippen LogP contribution in [-0.4, -0.2) is 31.3 Å². The molecule has 158 valence electrons. The largest absolute Gasteiger partial charge is 0.493 e. The van der Waals surface area contributed by atoms with Gasteiger partial charge in [0.15, 0.2) is 11.5 Å². The summed E-state index contributed by atoms with van der Waals surface area (Å²) in [5, 5.41) is 0. The molecule has 0 aliphatic carbocycles. The van der Waals surface area contributed by atoms with E-state index in [1.54, 1.807) is 14.0 Å². The molecule has 0 atom stereocenters. The molecule has 0 saturated carbocycles. The highest BCUT2D eigenvalue weighted by atomic mass is 16.5. The van der Waals surface area contributed by atoms with Crippen molar-refractivity contribution in [1.29, 1.82) is 0 Å². The maximum Gasteiger partial charge on any atom is 0.306 e. The van der Waals surface area contributed by atoms with Crippen LogP contribution in [0.3, 0.4) is 0 Å². The van der Waals surface area contributed by atoms with E-state index in [-0.39, 0.29) is 5.97 Å². The van der Waals surface area contributed by atoms with Crippen molar-refractivity contribution in [1.82, 2.24) is 4.98 Å². The van der Waals surface area contributed by atoms with Crippen molar-refractivity contribution in [2.45, 2.75) is 33.1 Å². The monoisotopic (exact) mass is 409 g/mol. The molecule has 1 aromatic heterocycles. The van der Waals surface area contributed by atoms with Gasteiger partial charge in [-0.3, -0.25) is 4.79 Å². The zero-order valence-electron chi connectivity index (χ0n) is 17.6. The smallest absolute Gasteiger partial charge is 0.306 e. The number of aryl methyl sites for hydroxylation is 2. The lowest BCUT2D eigenvalue weighted by Crippen LogP contribution is -2.07. The van der Waals surface area contributed by atoms with Crippen LogP contribution in [0.25, 0.3) is 11.5 Å². The first-order valence-electron chi connectivity index (χ1n) is 10.1. The predicted molar refractivity (Wildman–Crippen MR) is 114 cm³/mol. The van der Waals surface area contributed by atoms with E-state index in [0.29, 0.717) is 49.9 Å². The van der Waals surface area contributed by atoms with E-state index in [9.17, 15) is 4.79 Å². The van der Waals surface area contributed by atoms with E-state index in [2.05, 4.69) is 4.98 Å². The van der Waals surface area contributed by atoms with Gasteiger partial charge in [-0.2, -0.15) is 0 Å². The van der Waals surface area contributed by atoms with Gasteiger partial charge in [0.1, 0.15) is 5.76 Å². The third-order valence-electron chi connectivity index (χ3n) is 4.68. The number of benzene rings is 2. The number of carbonyl (C=O) groups is 1. The molecule has 30 heavy (non-hydrogen) atoms. The van der Waals surface area contributed by atoms with Crippen molar-refractivity contribution in [2.24, 2.45) is 0 Å². The average Bonchev–Trinajstić information content (AvgIpc) is 3.13. The van der Waals surface area contributed by atoms with Crippen LogP contribution in [0.15, 0.2) is 52.9 Å². The molecule has 0 bridgehead atoms. The summed E-state index contributed by atoms with van der Waals surface area (Å²) >= 11 is 0. The van der Waals surface area contributed by atoms with Gasteiger partial charge >= 0.3 is 5.97 Å². The van der Waals surface area contributed by atoms with Crippen LogP contribution in [0.1, 0.15) is 30.4 Å². The molecule has 6 nitrogen and oxygen atoms in total. The Morgan fingerprint density at radius 3 is 2.60 bits per heavy atom. The Morgan fingerprint density at radius 1 is 1.07 bits per heavy atom. The van der Waals surface area contributed by atoms with Crippen molar-refractivity contribution in [3.8, 4) is 23.0 Å². The molecule has 6 heteroatoms. The van der Waals surface area contributed by atoms with Gasteiger partial charge in [-0.1, -0.05) is 30.3 Å². The van der Waals surface area contributed by atoms with Crippen LogP contribution >= 0.6 is 0 Å². The third kappa shape index (κ3) is 5.41. The summed E-state index contributed by atoms with van der Waals surface area (Å²) in [6.45, 7) is 4.52. The molecule has 3 rings (SSSR count). The van der Waals surface area contributed by atoms with Gasteiger partial charge in [0.2, 0.25) is 5.89 Å². The van der Waals surface area contributed by atoms with Crippen molar-refractivity contribution in [2.75, 3.05) is 20.3 Å². The molecule has 3 aromatic rings. The van der Waals surface area contributed by atoms with Crippen LogP contribution in [-0.2, 0) is 22.4 Å². The lowest BCUT2D eigenvalue weighted by Gasteiger charge is -2.14. The van der Waals surface area contributed by atoms with Gasteiger partial charge in [-0.25, -0.2) is 4.98 Å². The fraction of sp³-hybridized carbons (Fsp3) is 0.333. The number of rotatable bonds is 10. The van der Waals surface area contributed by atoms with Gasteiger partial charge in [0.25, 0.3) is 0 Å². The second kappa shape index (κ2) is 10.5. The van der Waals surface area contributed by atoms with Crippen LogP contribution in [0.2, 0.25) is 0 Å². The molecule has 0 radical (unpaired) electrons. The van der Waals surface area contributed by atoms with E-state index in [1.807, 2.05) is 55.5 Å². The highest BCUT2D eigenvalue weighted by Crippen LogP contribution is 2.32. The first kappa shape index (κ1) is 21.4. The summed E-state index contributed by atoms with van der Waals surface area (Å²) < 4.78 is 22.3. The first-order valence-corrected chi connectivity index (χ1v) is 10.1. The Bertz CT molecular complexity index is 965. The molecule has 0 N–H and O–H groups in total. The molecule has 0 amide bonds. The minimum atomic E-state index is -0.221. The van der Waals surface area contributed by atoms with Crippen molar-refractivity contribution >= 4 is 5.97 Å². The van der Waals surface area contributed by atoms with Crippen LogP contribution in [0.4, 0.5) is 0 Å². The van der Waals surface area contributed by atoms with E-state index < -0.39 is 0 Å². The SMILES string of the molecule is CCOC(=O)CCc1cccc(OCCc2nc(-c3ccccc3)oc2C)c1OC. The Kier molecular flexibility index (Phi) is 7.49. The number of para-hydroxylation sites is 1. The van der Waals surface area contributed by atoms with Crippen molar-refractivity contribution < 1.29 is 23.4 Å². The second-order valence-electron chi connectivity index (χ2n) is 6.74. The summed E-state index contributed by atoms with van der Waals surface area (Å²) in [6, 6.07) is 15.5. The van der Waals surface area contributed by atoms with Crippen molar-refractivity contribution in [3.63, 3.8) is 0 Å². The Labute approximate surface area is 176 Å². The van der Waals surface area contributed by atoms with E-state index in [1.165, 1.54) is 0 Å². The van der Waals surface area contributed by atoms with Crippen LogP contribution in [0, 0.1) is 6.92 Å². The van der Waals surface area contributed by atoms with Gasteiger partial charge < -0.3 is 18.6 Å². The van der Waals surface area contributed by atoms with E-state index >= 15 is 0 Å². The third-order valence-corrected chi connectivity index (χ3v) is 4.68. The molecule has 0 fully saturated rings. The molecular formula is C24H27NO5. The fourth-order valence-corrected chi connectivity index (χ4v) is 3.20. The van der Waals surface area contributed by atoms with Crippen molar-refractivity contribution in [3.05, 3.63) is 65.5 Å². The second-order valence-corrected chi connectivity index (χ2v) is 6.74. The Hall–Kier alpha value is -3.28. The molecule has 0 unspecified atom stereocenters. The van der Waals surface area contributed by atoms with Gasteiger partial charge in [-0.15, -0.1) is 0 Å². The molecule has 2 aromatic carbocycles. The molecule has 0 aliphatic heterocycles. The van der Waals surface area contributed by atoms with E-state index in [4.69, 9.17) is 18.6 Å². The number of carbonyl (C=O) groups excluding carboxylic acids is 1. The summed E-state index contributed by atoms with van der Waals surface area (Å²) in [7, 11) is 1.60. The standard InChI is InChI=1S/C24H27NO5/c1-4-28-22(26)14-13-18-11-8-12-21(23(18)27-3)29-16-15-20-17(2)30-24(25-20)19-9-6-5-7-10-19/h5-12H,4,13-16H2,1-3H3. The maximum atomic E-state index is 11.7. The number of hydrogen-bond acceptors (Lipinski definition) is 6. The van der Waals surface area contributed by atoms with E-state index in [0.717, 1.165) is 22.6 Å². The average molecular weight is 409 g/mol. The lowest BCUT2D eigenvalue weighted by molar-refractivity contribution is -0.143. The summed E-state index contributed by atoms with van der Waals surface area (Å²) in [6.07, 6.45) is 1.44. The number of methoxy groups -OCH3 is 1. The highest BCUT2D eigenvalue weighted by Gasteiger charge is 2.14. The quantitative estimate of drug-likeness (QED) is 0.449. The Morgan fingerprint density at radius 2 is 1.87 bits per heavy atom.